The van der Waals surface area contributed by atoms with Gasteiger partial charge in [-0.1, -0.05) is 6.07 Å². The Hall–Kier alpha value is -2.24. The molecule has 1 aromatic carbocycles. The largest absolute Gasteiger partial charge is 0.493 e. The molecule has 0 saturated carbocycles. The zero-order chi connectivity index (χ0) is 15.6. The van der Waals surface area contributed by atoms with E-state index in [1.54, 1.807) is 26.8 Å². The van der Waals surface area contributed by atoms with Crippen molar-refractivity contribution in [2.24, 2.45) is 0 Å². The summed E-state index contributed by atoms with van der Waals surface area (Å²) in [4.78, 5) is 22.8. The number of carboxylic acids is 1. The summed E-state index contributed by atoms with van der Waals surface area (Å²) in [6, 6.07) is 4.40. The minimum Gasteiger partial charge on any atom is -0.493 e. The molecule has 0 saturated heterocycles. The molecule has 0 fully saturated rings. The Bertz CT molecular complexity index is 562. The molecule has 1 aromatic rings. The normalized spacial score (nSPS) is 17.4. The van der Waals surface area contributed by atoms with Crippen LogP contribution in [0.15, 0.2) is 18.2 Å². The second-order valence-corrected chi connectivity index (χ2v) is 5.89. The van der Waals surface area contributed by atoms with Crippen molar-refractivity contribution in [3.63, 3.8) is 0 Å². The number of nitrogens with one attached hydrogen (secondary N) is 1. The third-order valence-corrected chi connectivity index (χ3v) is 2.99. The van der Waals surface area contributed by atoms with Crippen LogP contribution in [0.2, 0.25) is 0 Å². The predicted molar refractivity (Wildman–Crippen MR) is 75.6 cm³/mol. The Morgan fingerprint density at radius 1 is 1.38 bits per heavy atom. The number of amides is 1. The number of carbonyl (C=O) groups excluding carboxylic acids is 1. The quantitative estimate of drug-likeness (QED) is 0.875. The highest BCUT2D eigenvalue weighted by atomic mass is 16.6. The molecule has 6 heteroatoms. The number of rotatable bonds is 2. The molecule has 0 spiro atoms. The zero-order valence-electron chi connectivity index (χ0n) is 12.3. The van der Waals surface area contributed by atoms with Gasteiger partial charge in [-0.15, -0.1) is 0 Å². The molecular weight excluding hydrogens is 274 g/mol. The smallest absolute Gasteiger partial charge is 0.408 e. The van der Waals surface area contributed by atoms with Gasteiger partial charge in [-0.05, 0) is 32.9 Å². The standard InChI is InChI=1S/C15H19NO5/c1-15(2,3)21-14(19)16-11-6-7-20-12-8-9(13(17)18)4-5-10(11)12/h4-5,8,11H,6-7H2,1-3H3,(H,16,19)(H,17,18). The van der Waals surface area contributed by atoms with Crippen LogP contribution in [0.3, 0.4) is 0 Å². The Kier molecular flexibility index (Phi) is 4.06. The van der Waals surface area contributed by atoms with Crippen LogP contribution < -0.4 is 10.1 Å². The number of fused-ring (bicyclic) bond motifs is 1. The molecular formula is C15H19NO5. The first-order valence-corrected chi connectivity index (χ1v) is 6.76. The van der Waals surface area contributed by atoms with Crippen LogP contribution in [-0.4, -0.2) is 29.4 Å². The lowest BCUT2D eigenvalue weighted by atomic mass is 9.99. The Labute approximate surface area is 123 Å². The van der Waals surface area contributed by atoms with Gasteiger partial charge < -0.3 is 19.9 Å². The van der Waals surface area contributed by atoms with E-state index in [0.29, 0.717) is 18.8 Å². The molecule has 1 unspecified atom stereocenters. The monoisotopic (exact) mass is 293 g/mol. The highest BCUT2D eigenvalue weighted by Gasteiger charge is 2.26. The molecule has 0 bridgehead atoms. The van der Waals surface area contributed by atoms with Crippen LogP contribution in [0.4, 0.5) is 4.79 Å². The summed E-state index contributed by atoms with van der Waals surface area (Å²) >= 11 is 0. The van der Waals surface area contributed by atoms with Crippen LogP contribution >= 0.6 is 0 Å². The Morgan fingerprint density at radius 2 is 2.10 bits per heavy atom. The van der Waals surface area contributed by atoms with E-state index >= 15 is 0 Å². The fourth-order valence-corrected chi connectivity index (χ4v) is 2.12. The molecule has 0 aromatic heterocycles. The van der Waals surface area contributed by atoms with Crippen LogP contribution in [0.25, 0.3) is 0 Å². The van der Waals surface area contributed by atoms with Crippen molar-refractivity contribution in [2.75, 3.05) is 6.61 Å². The number of hydrogen-bond acceptors (Lipinski definition) is 4. The number of carboxylic acid groups (broad SMARTS) is 1. The Morgan fingerprint density at radius 3 is 2.71 bits per heavy atom. The minimum atomic E-state index is -1.01. The van der Waals surface area contributed by atoms with Crippen LogP contribution in [0.5, 0.6) is 5.75 Å². The van der Waals surface area contributed by atoms with Gasteiger partial charge in [-0.25, -0.2) is 9.59 Å². The second kappa shape index (κ2) is 5.63. The highest BCUT2D eigenvalue weighted by Crippen LogP contribution is 2.33. The van der Waals surface area contributed by atoms with Crippen molar-refractivity contribution in [2.45, 2.75) is 38.8 Å². The van der Waals surface area contributed by atoms with Gasteiger partial charge in [0.15, 0.2) is 0 Å². The van der Waals surface area contributed by atoms with Crippen molar-refractivity contribution in [3.8, 4) is 5.75 Å². The molecule has 21 heavy (non-hydrogen) atoms. The summed E-state index contributed by atoms with van der Waals surface area (Å²) in [6.07, 6.45) is 0.112. The average molecular weight is 293 g/mol. The fraction of sp³-hybridized carbons (Fsp3) is 0.467. The van der Waals surface area contributed by atoms with E-state index in [2.05, 4.69) is 5.32 Å². The number of aromatic carboxylic acids is 1. The van der Waals surface area contributed by atoms with Crippen molar-refractivity contribution in [1.29, 1.82) is 0 Å². The summed E-state index contributed by atoms with van der Waals surface area (Å²) in [7, 11) is 0. The molecule has 2 N–H and O–H groups in total. The molecule has 0 radical (unpaired) electrons. The molecule has 1 aliphatic heterocycles. The van der Waals surface area contributed by atoms with Crippen LogP contribution in [0, 0.1) is 0 Å². The maximum absolute atomic E-state index is 11.8. The number of hydrogen-bond donors (Lipinski definition) is 2. The topological polar surface area (TPSA) is 84.9 Å². The van der Waals surface area contributed by atoms with E-state index in [1.165, 1.54) is 12.1 Å². The molecule has 2 rings (SSSR count). The van der Waals surface area contributed by atoms with Crippen LogP contribution in [0.1, 0.15) is 49.2 Å². The van der Waals surface area contributed by atoms with Gasteiger partial charge in [0.1, 0.15) is 11.4 Å². The van der Waals surface area contributed by atoms with Gasteiger partial charge in [-0.2, -0.15) is 0 Å². The predicted octanol–water partition coefficient (Wildman–Crippen LogP) is 2.73. The van der Waals surface area contributed by atoms with Crippen molar-refractivity contribution in [1.82, 2.24) is 5.32 Å². The molecule has 1 amide bonds. The van der Waals surface area contributed by atoms with E-state index in [-0.39, 0.29) is 11.6 Å². The van der Waals surface area contributed by atoms with Gasteiger partial charge in [0, 0.05) is 12.0 Å². The van der Waals surface area contributed by atoms with Crippen molar-refractivity contribution < 1.29 is 24.2 Å². The molecule has 1 heterocycles. The van der Waals surface area contributed by atoms with E-state index in [1.807, 2.05) is 0 Å². The first kappa shape index (κ1) is 15.2. The van der Waals surface area contributed by atoms with E-state index < -0.39 is 17.7 Å². The molecule has 1 aliphatic rings. The Balaban J connectivity index is 2.15. The van der Waals surface area contributed by atoms with E-state index in [4.69, 9.17) is 14.6 Å². The van der Waals surface area contributed by atoms with Gasteiger partial charge in [0.2, 0.25) is 0 Å². The van der Waals surface area contributed by atoms with Gasteiger partial charge in [-0.3, -0.25) is 0 Å². The van der Waals surface area contributed by atoms with Crippen molar-refractivity contribution in [3.05, 3.63) is 29.3 Å². The number of benzene rings is 1. The second-order valence-electron chi connectivity index (χ2n) is 5.89. The van der Waals surface area contributed by atoms with E-state index in [9.17, 15) is 9.59 Å². The lowest BCUT2D eigenvalue weighted by Crippen LogP contribution is -2.36. The highest BCUT2D eigenvalue weighted by molar-refractivity contribution is 5.88. The zero-order valence-corrected chi connectivity index (χ0v) is 12.3. The summed E-state index contributed by atoms with van der Waals surface area (Å²) in [5, 5.41) is 11.8. The first-order chi connectivity index (χ1) is 9.76. The first-order valence-electron chi connectivity index (χ1n) is 6.76. The summed E-state index contributed by atoms with van der Waals surface area (Å²) < 4.78 is 10.7. The molecule has 1 atom stereocenters. The van der Waals surface area contributed by atoms with Crippen molar-refractivity contribution >= 4 is 12.1 Å². The fourth-order valence-electron chi connectivity index (χ4n) is 2.12. The maximum atomic E-state index is 11.8. The average Bonchev–Trinajstić information content (AvgIpc) is 2.36. The minimum absolute atomic E-state index is 0.159. The molecule has 6 nitrogen and oxygen atoms in total. The molecule has 0 aliphatic carbocycles. The number of ether oxygens (including phenoxy) is 2. The summed E-state index contributed by atoms with van der Waals surface area (Å²) in [5.74, 6) is -0.522. The summed E-state index contributed by atoms with van der Waals surface area (Å²) in [5.41, 5.74) is 0.356. The number of alkyl carbamates (subject to hydrolysis) is 1. The van der Waals surface area contributed by atoms with E-state index in [0.717, 1.165) is 5.56 Å². The third kappa shape index (κ3) is 3.87. The van der Waals surface area contributed by atoms with Crippen LogP contribution in [-0.2, 0) is 4.74 Å². The van der Waals surface area contributed by atoms with Gasteiger partial charge in [0.25, 0.3) is 0 Å². The summed E-state index contributed by atoms with van der Waals surface area (Å²) in [6.45, 7) is 5.80. The third-order valence-electron chi connectivity index (χ3n) is 2.99. The molecule has 114 valence electrons. The lowest BCUT2D eigenvalue weighted by Gasteiger charge is -2.28. The van der Waals surface area contributed by atoms with Gasteiger partial charge >= 0.3 is 12.1 Å². The lowest BCUT2D eigenvalue weighted by molar-refractivity contribution is 0.0489. The number of carbonyl (C=O) groups is 2. The SMILES string of the molecule is CC(C)(C)OC(=O)NC1CCOc2cc(C(=O)O)ccc21. The van der Waals surface area contributed by atoms with Gasteiger partial charge in [0.05, 0.1) is 18.2 Å². The maximum Gasteiger partial charge on any atom is 0.408 e.